The minimum Gasteiger partial charge on any atom is -0.330 e. The SMILES string of the molecule is Cc1cccc(-c2csc(CCCN)n2)c1. The van der Waals surface area contributed by atoms with E-state index in [0.29, 0.717) is 0 Å². The topological polar surface area (TPSA) is 38.9 Å². The van der Waals surface area contributed by atoms with Crippen molar-refractivity contribution in [3.8, 4) is 11.3 Å². The predicted octanol–water partition coefficient (Wildman–Crippen LogP) is 3.01. The number of hydrogen-bond acceptors (Lipinski definition) is 3. The molecule has 0 amide bonds. The van der Waals surface area contributed by atoms with E-state index in [2.05, 4.69) is 41.6 Å². The summed E-state index contributed by atoms with van der Waals surface area (Å²) >= 11 is 1.72. The normalized spacial score (nSPS) is 10.6. The lowest BCUT2D eigenvalue weighted by Crippen LogP contribution is -1.99. The Morgan fingerprint density at radius 2 is 2.25 bits per heavy atom. The molecule has 2 N–H and O–H groups in total. The van der Waals surface area contributed by atoms with Crippen molar-refractivity contribution in [3.63, 3.8) is 0 Å². The van der Waals surface area contributed by atoms with E-state index in [0.717, 1.165) is 25.1 Å². The molecule has 1 heterocycles. The molecular formula is C13H16N2S. The van der Waals surface area contributed by atoms with Crippen molar-refractivity contribution in [1.82, 2.24) is 4.98 Å². The quantitative estimate of drug-likeness (QED) is 0.880. The molecule has 0 saturated heterocycles. The third-order valence-electron chi connectivity index (χ3n) is 2.46. The first-order valence-corrected chi connectivity index (χ1v) is 6.39. The maximum Gasteiger partial charge on any atom is 0.0933 e. The van der Waals surface area contributed by atoms with Crippen LogP contribution in [0.3, 0.4) is 0 Å². The molecular weight excluding hydrogens is 216 g/mol. The van der Waals surface area contributed by atoms with E-state index in [9.17, 15) is 0 Å². The van der Waals surface area contributed by atoms with Gasteiger partial charge in [0.05, 0.1) is 10.7 Å². The van der Waals surface area contributed by atoms with Gasteiger partial charge < -0.3 is 5.73 Å². The lowest BCUT2D eigenvalue weighted by Gasteiger charge is -1.98. The van der Waals surface area contributed by atoms with E-state index in [1.807, 2.05) is 0 Å². The van der Waals surface area contributed by atoms with Crippen molar-refractivity contribution in [2.45, 2.75) is 19.8 Å². The van der Waals surface area contributed by atoms with Crippen LogP contribution in [-0.4, -0.2) is 11.5 Å². The predicted molar refractivity (Wildman–Crippen MR) is 69.7 cm³/mol. The second-order valence-electron chi connectivity index (χ2n) is 3.89. The number of aromatic nitrogens is 1. The van der Waals surface area contributed by atoms with Gasteiger partial charge in [-0.1, -0.05) is 23.8 Å². The van der Waals surface area contributed by atoms with E-state index in [1.165, 1.54) is 16.1 Å². The van der Waals surface area contributed by atoms with Crippen LogP contribution >= 0.6 is 11.3 Å². The van der Waals surface area contributed by atoms with Gasteiger partial charge >= 0.3 is 0 Å². The molecule has 0 atom stereocenters. The summed E-state index contributed by atoms with van der Waals surface area (Å²) in [6, 6.07) is 8.45. The molecule has 1 aromatic carbocycles. The van der Waals surface area contributed by atoms with Crippen LogP contribution in [0.2, 0.25) is 0 Å². The fourth-order valence-electron chi connectivity index (χ4n) is 1.62. The van der Waals surface area contributed by atoms with Crippen LogP contribution < -0.4 is 5.73 Å². The van der Waals surface area contributed by atoms with Crippen LogP contribution in [-0.2, 0) is 6.42 Å². The molecule has 1 aromatic heterocycles. The Balaban J connectivity index is 2.18. The first kappa shape index (κ1) is 11.3. The largest absolute Gasteiger partial charge is 0.330 e. The van der Waals surface area contributed by atoms with E-state index >= 15 is 0 Å². The van der Waals surface area contributed by atoms with Crippen LogP contribution in [0.1, 0.15) is 17.0 Å². The number of benzene rings is 1. The van der Waals surface area contributed by atoms with Crippen molar-refractivity contribution in [2.75, 3.05) is 6.54 Å². The Morgan fingerprint density at radius 3 is 3.00 bits per heavy atom. The van der Waals surface area contributed by atoms with E-state index in [4.69, 9.17) is 5.73 Å². The molecule has 2 aromatic rings. The number of aryl methyl sites for hydroxylation is 2. The third kappa shape index (κ3) is 2.68. The Hall–Kier alpha value is -1.19. The highest BCUT2D eigenvalue weighted by Crippen LogP contribution is 2.23. The summed E-state index contributed by atoms with van der Waals surface area (Å²) in [6.45, 7) is 2.84. The van der Waals surface area contributed by atoms with Crippen LogP contribution in [0.5, 0.6) is 0 Å². The molecule has 0 fully saturated rings. The van der Waals surface area contributed by atoms with Gasteiger partial charge in [-0.15, -0.1) is 11.3 Å². The summed E-state index contributed by atoms with van der Waals surface area (Å²) in [6.07, 6.45) is 2.01. The van der Waals surface area contributed by atoms with E-state index in [-0.39, 0.29) is 0 Å². The summed E-state index contributed by atoms with van der Waals surface area (Å²) in [5.41, 5.74) is 9.05. The average molecular weight is 232 g/mol. The molecule has 0 bridgehead atoms. The zero-order valence-electron chi connectivity index (χ0n) is 9.44. The van der Waals surface area contributed by atoms with Gasteiger partial charge in [-0.3, -0.25) is 0 Å². The number of nitrogens with zero attached hydrogens (tertiary/aromatic N) is 1. The molecule has 0 radical (unpaired) electrons. The van der Waals surface area contributed by atoms with Gasteiger partial charge in [0.15, 0.2) is 0 Å². The number of nitrogens with two attached hydrogens (primary N) is 1. The second kappa shape index (κ2) is 5.23. The number of thiazole rings is 1. The minimum absolute atomic E-state index is 0.735. The molecule has 3 heteroatoms. The molecule has 16 heavy (non-hydrogen) atoms. The first-order valence-electron chi connectivity index (χ1n) is 5.51. The molecule has 0 spiro atoms. The molecule has 2 rings (SSSR count). The number of rotatable bonds is 4. The minimum atomic E-state index is 0.735. The van der Waals surface area contributed by atoms with Gasteiger partial charge in [-0.2, -0.15) is 0 Å². The maximum atomic E-state index is 5.49. The summed E-state index contributed by atoms with van der Waals surface area (Å²) in [4.78, 5) is 4.62. The monoisotopic (exact) mass is 232 g/mol. The smallest absolute Gasteiger partial charge is 0.0933 e. The fourth-order valence-corrected chi connectivity index (χ4v) is 2.47. The maximum absolute atomic E-state index is 5.49. The van der Waals surface area contributed by atoms with Gasteiger partial charge in [0.25, 0.3) is 0 Å². The highest BCUT2D eigenvalue weighted by molar-refractivity contribution is 7.09. The third-order valence-corrected chi connectivity index (χ3v) is 3.37. The molecule has 84 valence electrons. The zero-order valence-corrected chi connectivity index (χ0v) is 10.3. The second-order valence-corrected chi connectivity index (χ2v) is 4.83. The Morgan fingerprint density at radius 1 is 1.38 bits per heavy atom. The summed E-state index contributed by atoms with van der Waals surface area (Å²) in [5, 5.41) is 3.31. The van der Waals surface area contributed by atoms with Crippen LogP contribution in [0.25, 0.3) is 11.3 Å². The molecule has 0 aliphatic rings. The van der Waals surface area contributed by atoms with Crippen molar-refractivity contribution in [1.29, 1.82) is 0 Å². The molecule has 0 unspecified atom stereocenters. The average Bonchev–Trinajstić information content (AvgIpc) is 2.75. The Labute approximate surface area is 100 Å². The Kier molecular flexibility index (Phi) is 3.70. The van der Waals surface area contributed by atoms with E-state index < -0.39 is 0 Å². The van der Waals surface area contributed by atoms with Crippen molar-refractivity contribution >= 4 is 11.3 Å². The van der Waals surface area contributed by atoms with Crippen molar-refractivity contribution < 1.29 is 0 Å². The standard InChI is InChI=1S/C13H16N2S/c1-10-4-2-5-11(8-10)12-9-16-13(15-12)6-3-7-14/h2,4-5,8-9H,3,6-7,14H2,1H3. The lowest BCUT2D eigenvalue weighted by molar-refractivity contribution is 0.827. The molecule has 0 saturated carbocycles. The van der Waals surface area contributed by atoms with E-state index in [1.54, 1.807) is 11.3 Å². The molecule has 0 aliphatic carbocycles. The lowest BCUT2D eigenvalue weighted by atomic mass is 10.1. The van der Waals surface area contributed by atoms with Crippen molar-refractivity contribution in [3.05, 3.63) is 40.2 Å². The Bertz CT molecular complexity index is 462. The summed E-state index contributed by atoms with van der Waals surface area (Å²) < 4.78 is 0. The van der Waals surface area contributed by atoms with Gasteiger partial charge in [0, 0.05) is 17.4 Å². The summed E-state index contributed by atoms with van der Waals surface area (Å²) in [7, 11) is 0. The van der Waals surface area contributed by atoms with Gasteiger partial charge in [-0.05, 0) is 26.0 Å². The highest BCUT2D eigenvalue weighted by Gasteiger charge is 2.04. The zero-order chi connectivity index (χ0) is 11.4. The highest BCUT2D eigenvalue weighted by atomic mass is 32.1. The number of hydrogen-bond donors (Lipinski definition) is 1. The molecule has 0 aliphatic heterocycles. The van der Waals surface area contributed by atoms with Gasteiger partial charge in [0.2, 0.25) is 0 Å². The van der Waals surface area contributed by atoms with Crippen LogP contribution in [0.4, 0.5) is 0 Å². The van der Waals surface area contributed by atoms with Gasteiger partial charge in [0.1, 0.15) is 0 Å². The fraction of sp³-hybridized carbons (Fsp3) is 0.308. The van der Waals surface area contributed by atoms with Gasteiger partial charge in [-0.25, -0.2) is 4.98 Å². The first-order chi connectivity index (χ1) is 7.79. The van der Waals surface area contributed by atoms with Crippen molar-refractivity contribution in [2.24, 2.45) is 5.73 Å². The molecule has 2 nitrogen and oxygen atoms in total. The van der Waals surface area contributed by atoms with Crippen LogP contribution in [0.15, 0.2) is 29.6 Å². The van der Waals surface area contributed by atoms with Crippen LogP contribution in [0, 0.1) is 6.92 Å². The summed E-state index contributed by atoms with van der Waals surface area (Å²) in [5.74, 6) is 0.